The quantitative estimate of drug-likeness (QED) is 0.545. The number of amides is 5. The van der Waals surface area contributed by atoms with Crippen LogP contribution in [-0.2, 0) is 43.2 Å². The first-order valence-electron chi connectivity index (χ1n) is 9.01. The van der Waals surface area contributed by atoms with Gasteiger partial charge in [0.05, 0.1) is 6.42 Å². The number of alkyl carbamates (subject to hydrolysis) is 1. The van der Waals surface area contributed by atoms with E-state index in [1.165, 1.54) is 0 Å². The molecule has 0 saturated carbocycles. The van der Waals surface area contributed by atoms with Gasteiger partial charge in [0, 0.05) is 25.7 Å². The summed E-state index contributed by atoms with van der Waals surface area (Å²) in [4.78, 5) is 92.2. The highest BCUT2D eigenvalue weighted by molar-refractivity contribution is 6.03. The van der Waals surface area contributed by atoms with Crippen molar-refractivity contribution >= 4 is 41.7 Å². The Morgan fingerprint density at radius 3 is 1.73 bits per heavy atom. The van der Waals surface area contributed by atoms with Crippen LogP contribution in [0.5, 0.6) is 0 Å². The molecule has 5 amide bonds. The fourth-order valence-electron chi connectivity index (χ4n) is 2.42. The van der Waals surface area contributed by atoms with Crippen LogP contribution < -0.4 is 5.32 Å². The van der Waals surface area contributed by atoms with Gasteiger partial charge in [-0.2, -0.15) is 0 Å². The predicted octanol–water partition coefficient (Wildman–Crippen LogP) is -0.516. The molecule has 1 atom stereocenters. The summed E-state index contributed by atoms with van der Waals surface area (Å²) in [5, 5.41) is 2.59. The molecule has 0 aliphatic carbocycles. The van der Waals surface area contributed by atoms with Crippen LogP contribution in [0.2, 0.25) is 0 Å². The minimum atomic E-state index is -1.73. The zero-order chi connectivity index (χ0) is 22.6. The topological polar surface area (TPSA) is 166 Å². The van der Waals surface area contributed by atoms with E-state index in [0.717, 1.165) is 0 Å². The Labute approximate surface area is 170 Å². The maximum Gasteiger partial charge on any atom is 0.408 e. The van der Waals surface area contributed by atoms with Gasteiger partial charge in [-0.3, -0.25) is 19.2 Å². The summed E-state index contributed by atoms with van der Waals surface area (Å²) in [6, 6.07) is -1.73. The van der Waals surface area contributed by atoms with Gasteiger partial charge in [0.25, 0.3) is 23.6 Å². The molecule has 0 aromatic carbocycles. The van der Waals surface area contributed by atoms with Crippen molar-refractivity contribution in [1.29, 1.82) is 0 Å². The van der Waals surface area contributed by atoms with Gasteiger partial charge < -0.3 is 19.7 Å². The number of nitrogens with one attached hydrogen (secondary N) is 1. The van der Waals surface area contributed by atoms with Crippen LogP contribution in [0.4, 0.5) is 4.79 Å². The van der Waals surface area contributed by atoms with Crippen LogP contribution in [0.3, 0.4) is 0 Å². The first kappa shape index (κ1) is 22.8. The monoisotopic (exact) mass is 427 g/mol. The Balaban J connectivity index is 2.08. The lowest BCUT2D eigenvalue weighted by atomic mass is 10.2. The molecule has 2 heterocycles. The van der Waals surface area contributed by atoms with E-state index in [2.05, 4.69) is 10.2 Å². The Morgan fingerprint density at radius 1 is 0.867 bits per heavy atom. The first-order valence-corrected chi connectivity index (χ1v) is 9.01. The fraction of sp³-hybridized carbons (Fsp3) is 0.588. The third kappa shape index (κ3) is 5.99. The van der Waals surface area contributed by atoms with Crippen molar-refractivity contribution in [3.8, 4) is 0 Å². The molecule has 30 heavy (non-hydrogen) atoms. The summed E-state index contributed by atoms with van der Waals surface area (Å²) >= 11 is 0. The van der Waals surface area contributed by atoms with Crippen molar-refractivity contribution < 1.29 is 48.0 Å². The van der Waals surface area contributed by atoms with Crippen LogP contribution >= 0.6 is 0 Å². The van der Waals surface area contributed by atoms with Crippen molar-refractivity contribution in [3.63, 3.8) is 0 Å². The molecule has 13 heteroatoms. The van der Waals surface area contributed by atoms with E-state index in [0.29, 0.717) is 0 Å². The smallest absolute Gasteiger partial charge is 0.408 e. The second-order valence-corrected chi connectivity index (χ2v) is 7.44. The van der Waals surface area contributed by atoms with E-state index in [1.54, 1.807) is 20.8 Å². The van der Waals surface area contributed by atoms with Crippen molar-refractivity contribution in [3.05, 3.63) is 0 Å². The Hall–Kier alpha value is -3.51. The lowest BCUT2D eigenvalue weighted by molar-refractivity contribution is -0.203. The predicted molar refractivity (Wildman–Crippen MR) is 92.1 cm³/mol. The number of hydrogen-bond acceptors (Lipinski definition) is 10. The molecule has 2 aliphatic rings. The number of ether oxygens (including phenoxy) is 1. The Morgan fingerprint density at radius 2 is 1.30 bits per heavy atom. The molecule has 0 spiro atoms. The number of carbonyl (C=O) groups is 7. The molecule has 0 radical (unpaired) electrons. The molecule has 0 unspecified atom stereocenters. The van der Waals surface area contributed by atoms with Gasteiger partial charge in [0.2, 0.25) is 0 Å². The molecule has 0 aromatic rings. The molecular formula is C17H21N3O10. The SMILES string of the molecule is CC(C)(C)OC(=O)N[C@@H](CC(=O)ON1C(=O)CCC1=O)C(=O)ON1C(=O)CCC1=O. The number of nitrogens with zero attached hydrogens (tertiary/aromatic N) is 2. The van der Waals surface area contributed by atoms with E-state index in [1.807, 2.05) is 0 Å². The molecule has 0 bridgehead atoms. The molecule has 164 valence electrons. The van der Waals surface area contributed by atoms with Crippen LogP contribution in [0, 0.1) is 0 Å². The summed E-state index contributed by atoms with van der Waals surface area (Å²) in [5.74, 6) is -5.53. The largest absolute Gasteiger partial charge is 0.444 e. The zero-order valence-electron chi connectivity index (χ0n) is 16.6. The van der Waals surface area contributed by atoms with Gasteiger partial charge in [-0.25, -0.2) is 14.4 Å². The van der Waals surface area contributed by atoms with E-state index in [-0.39, 0.29) is 35.8 Å². The lowest BCUT2D eigenvalue weighted by Gasteiger charge is -2.23. The van der Waals surface area contributed by atoms with Gasteiger partial charge in [0.15, 0.2) is 0 Å². The number of hydrogen-bond donors (Lipinski definition) is 1. The number of imide groups is 2. The van der Waals surface area contributed by atoms with Gasteiger partial charge in [-0.15, -0.1) is 10.1 Å². The van der Waals surface area contributed by atoms with Crippen molar-refractivity contribution in [1.82, 2.24) is 15.4 Å². The summed E-state index contributed by atoms with van der Waals surface area (Å²) < 4.78 is 5.00. The third-order valence-electron chi connectivity index (χ3n) is 3.73. The van der Waals surface area contributed by atoms with Crippen LogP contribution in [0.1, 0.15) is 52.9 Å². The molecule has 1 N–H and O–H groups in total. The number of rotatable bonds is 6. The third-order valence-corrected chi connectivity index (χ3v) is 3.73. The zero-order valence-corrected chi connectivity index (χ0v) is 16.6. The van der Waals surface area contributed by atoms with Crippen molar-refractivity contribution in [2.45, 2.75) is 64.5 Å². The van der Waals surface area contributed by atoms with E-state index < -0.39 is 59.7 Å². The van der Waals surface area contributed by atoms with Crippen molar-refractivity contribution in [2.24, 2.45) is 0 Å². The Kier molecular flexibility index (Phi) is 6.74. The lowest BCUT2D eigenvalue weighted by Crippen LogP contribution is -2.48. The van der Waals surface area contributed by atoms with E-state index >= 15 is 0 Å². The van der Waals surface area contributed by atoms with Crippen LogP contribution in [0.25, 0.3) is 0 Å². The fourth-order valence-corrected chi connectivity index (χ4v) is 2.42. The highest BCUT2D eigenvalue weighted by Crippen LogP contribution is 2.16. The number of carbonyl (C=O) groups excluding carboxylic acids is 7. The molecule has 0 aromatic heterocycles. The maximum absolute atomic E-state index is 12.4. The van der Waals surface area contributed by atoms with Gasteiger partial charge in [-0.05, 0) is 20.8 Å². The molecule has 2 rings (SSSR count). The Bertz CT molecular complexity index is 768. The average Bonchev–Trinajstić information content (AvgIpc) is 3.09. The van der Waals surface area contributed by atoms with Gasteiger partial charge >= 0.3 is 18.0 Å². The summed E-state index contributed by atoms with van der Waals surface area (Å²) in [6.45, 7) is 4.67. The van der Waals surface area contributed by atoms with E-state index in [4.69, 9.17) is 9.57 Å². The standard InChI is InChI=1S/C17H21N3O10/c1-17(2,3)28-16(27)18-9(15(26)30-20-12(23)6-7-13(20)24)8-14(25)29-19-10(21)4-5-11(19)22/h9H,4-8H2,1-3H3,(H,18,27)/t9-/m0/s1. The number of hydroxylamine groups is 4. The highest BCUT2D eigenvalue weighted by Gasteiger charge is 2.38. The summed E-state index contributed by atoms with van der Waals surface area (Å²) in [6.07, 6.45) is -2.54. The van der Waals surface area contributed by atoms with Gasteiger partial charge in [0.1, 0.15) is 11.6 Å². The molecule has 13 nitrogen and oxygen atoms in total. The van der Waals surface area contributed by atoms with Crippen LogP contribution in [-0.4, -0.2) is 63.4 Å². The summed E-state index contributed by atoms with van der Waals surface area (Å²) in [5.41, 5.74) is -0.936. The minimum Gasteiger partial charge on any atom is -0.444 e. The summed E-state index contributed by atoms with van der Waals surface area (Å²) in [7, 11) is 0. The van der Waals surface area contributed by atoms with Gasteiger partial charge in [-0.1, -0.05) is 0 Å². The minimum absolute atomic E-state index is 0.132. The highest BCUT2D eigenvalue weighted by atomic mass is 16.7. The average molecular weight is 427 g/mol. The van der Waals surface area contributed by atoms with Crippen LogP contribution in [0.15, 0.2) is 0 Å². The molecule has 2 saturated heterocycles. The molecule has 2 fully saturated rings. The second kappa shape index (κ2) is 8.88. The van der Waals surface area contributed by atoms with Crippen molar-refractivity contribution in [2.75, 3.05) is 0 Å². The maximum atomic E-state index is 12.4. The molecule has 2 aliphatic heterocycles. The second-order valence-electron chi connectivity index (χ2n) is 7.44. The first-order chi connectivity index (χ1) is 13.9. The van der Waals surface area contributed by atoms with E-state index in [9.17, 15) is 33.6 Å². The normalized spacial score (nSPS) is 17.8. The molecular weight excluding hydrogens is 406 g/mol.